The minimum atomic E-state index is -2.72. The molecule has 3 aromatic rings. The number of hydrogen-bond acceptors (Lipinski definition) is 7. The van der Waals surface area contributed by atoms with Gasteiger partial charge in [0.15, 0.2) is 5.82 Å². The molecule has 1 aromatic carbocycles. The van der Waals surface area contributed by atoms with Crippen LogP contribution in [0.2, 0.25) is 0 Å². The van der Waals surface area contributed by atoms with Crippen molar-refractivity contribution in [2.45, 2.75) is 31.4 Å². The summed E-state index contributed by atoms with van der Waals surface area (Å²) in [6.07, 6.45) is -0.420. The van der Waals surface area contributed by atoms with E-state index in [4.69, 9.17) is 14.7 Å². The third-order valence-corrected chi connectivity index (χ3v) is 6.53. The average Bonchev–Trinajstić information content (AvgIpc) is 3.39. The summed E-state index contributed by atoms with van der Waals surface area (Å²) in [6.45, 7) is 4.22. The van der Waals surface area contributed by atoms with Gasteiger partial charge in [-0.15, -0.1) is 0 Å². The molecule has 32 heavy (non-hydrogen) atoms. The number of nitrogens with one attached hydrogen (secondary N) is 1. The van der Waals surface area contributed by atoms with Crippen molar-refractivity contribution in [2.24, 2.45) is 0 Å². The van der Waals surface area contributed by atoms with Crippen molar-refractivity contribution in [1.82, 2.24) is 24.8 Å². The van der Waals surface area contributed by atoms with Gasteiger partial charge in [-0.3, -0.25) is 4.57 Å². The van der Waals surface area contributed by atoms with E-state index in [1.54, 1.807) is 18.2 Å². The van der Waals surface area contributed by atoms with Gasteiger partial charge in [0.05, 0.1) is 24.2 Å². The fourth-order valence-corrected chi connectivity index (χ4v) is 5.01. The van der Waals surface area contributed by atoms with E-state index in [1.807, 2.05) is 12.1 Å². The minimum absolute atomic E-state index is 0.302. The highest BCUT2D eigenvalue weighted by Crippen LogP contribution is 2.31. The molecule has 3 aliphatic rings. The molecule has 6 rings (SSSR count). The summed E-state index contributed by atoms with van der Waals surface area (Å²) in [5, 5.41) is 3.63. The first-order valence-corrected chi connectivity index (χ1v) is 11.1. The Morgan fingerprint density at radius 3 is 2.41 bits per heavy atom. The highest BCUT2D eigenvalue weighted by atomic mass is 19.3. The molecule has 3 saturated heterocycles. The lowest BCUT2D eigenvalue weighted by Gasteiger charge is -2.35. The Bertz CT molecular complexity index is 1120. The van der Waals surface area contributed by atoms with Crippen LogP contribution in [0.4, 0.5) is 20.5 Å². The summed E-state index contributed by atoms with van der Waals surface area (Å²) in [6, 6.07) is 9.88. The van der Waals surface area contributed by atoms with Crippen molar-refractivity contribution >= 4 is 22.8 Å². The first kappa shape index (κ1) is 19.8. The van der Waals surface area contributed by atoms with Gasteiger partial charge < -0.3 is 19.9 Å². The molecule has 2 atom stereocenters. The maximum absolute atomic E-state index is 14.0. The number of para-hydroxylation sites is 2. The second-order valence-electron chi connectivity index (χ2n) is 8.62. The maximum atomic E-state index is 14.0. The highest BCUT2D eigenvalue weighted by molar-refractivity contribution is 5.78. The molecule has 2 bridgehead atoms. The number of ether oxygens (including phenoxy) is 1. The van der Waals surface area contributed by atoms with E-state index in [2.05, 4.69) is 20.1 Å². The summed E-state index contributed by atoms with van der Waals surface area (Å²) in [5.41, 5.74) is 1.14. The molecule has 0 radical (unpaired) electrons. The SMILES string of the molecule is FC(F)c1nc2ccccc2n1-c1cc(N2CC3CCC(C2)N3)nc(N2CCOCC2)n1. The number of fused-ring (bicyclic) bond motifs is 3. The average molecular weight is 441 g/mol. The van der Waals surface area contributed by atoms with E-state index in [9.17, 15) is 8.78 Å². The van der Waals surface area contributed by atoms with Gasteiger partial charge in [0.1, 0.15) is 11.6 Å². The zero-order valence-electron chi connectivity index (χ0n) is 17.6. The van der Waals surface area contributed by atoms with Gasteiger partial charge in [-0.1, -0.05) is 12.1 Å². The molecule has 3 fully saturated rings. The van der Waals surface area contributed by atoms with Crippen molar-refractivity contribution in [3.63, 3.8) is 0 Å². The lowest BCUT2D eigenvalue weighted by atomic mass is 10.2. The van der Waals surface area contributed by atoms with Crippen LogP contribution in [0.15, 0.2) is 30.3 Å². The second kappa shape index (κ2) is 7.93. The number of nitrogens with zero attached hydrogens (tertiary/aromatic N) is 6. The van der Waals surface area contributed by atoms with Crippen molar-refractivity contribution in [3.8, 4) is 5.82 Å². The number of hydrogen-bond donors (Lipinski definition) is 1. The Morgan fingerprint density at radius 1 is 0.938 bits per heavy atom. The standard InChI is InChI=1S/C22H25F2N7O/c23-20(24)21-26-16-3-1-2-4-17(16)31(21)19-11-18(30-12-14-5-6-15(13-30)25-14)27-22(28-19)29-7-9-32-10-8-29/h1-4,11,14-15,20,25H,5-10,12-13H2. The van der Waals surface area contributed by atoms with E-state index in [0.717, 1.165) is 31.7 Å². The number of benzene rings is 1. The van der Waals surface area contributed by atoms with Crippen molar-refractivity contribution in [1.29, 1.82) is 0 Å². The predicted molar refractivity (Wildman–Crippen MR) is 117 cm³/mol. The van der Waals surface area contributed by atoms with Gasteiger partial charge in [0, 0.05) is 44.3 Å². The van der Waals surface area contributed by atoms with Crippen LogP contribution in [0.1, 0.15) is 25.1 Å². The molecule has 0 amide bonds. The number of aromatic nitrogens is 4. The second-order valence-corrected chi connectivity index (χ2v) is 8.62. The molecule has 0 saturated carbocycles. The number of halogens is 2. The fraction of sp³-hybridized carbons (Fsp3) is 0.500. The summed E-state index contributed by atoms with van der Waals surface area (Å²) in [5.74, 6) is 1.44. The van der Waals surface area contributed by atoms with Crippen LogP contribution in [0.5, 0.6) is 0 Å². The zero-order chi connectivity index (χ0) is 21.7. The minimum Gasteiger partial charge on any atom is -0.378 e. The van der Waals surface area contributed by atoms with E-state index < -0.39 is 6.43 Å². The van der Waals surface area contributed by atoms with Crippen LogP contribution in [0, 0.1) is 0 Å². The zero-order valence-corrected chi connectivity index (χ0v) is 17.6. The topological polar surface area (TPSA) is 71.3 Å². The quantitative estimate of drug-likeness (QED) is 0.667. The molecule has 2 aromatic heterocycles. The normalized spacial score (nSPS) is 23.5. The molecule has 0 aliphatic carbocycles. The molecule has 168 valence electrons. The summed E-state index contributed by atoms with van der Waals surface area (Å²) < 4.78 is 35.0. The predicted octanol–water partition coefficient (Wildman–Crippen LogP) is 2.53. The Balaban J connectivity index is 1.50. The van der Waals surface area contributed by atoms with Crippen LogP contribution >= 0.6 is 0 Å². The first-order valence-electron chi connectivity index (χ1n) is 11.1. The summed E-state index contributed by atoms with van der Waals surface area (Å²) in [4.78, 5) is 18.2. The summed E-state index contributed by atoms with van der Waals surface area (Å²) in [7, 11) is 0. The number of morpholine rings is 1. The van der Waals surface area contributed by atoms with Crippen LogP contribution in [-0.4, -0.2) is 71.0 Å². The maximum Gasteiger partial charge on any atom is 0.296 e. The molecule has 2 unspecified atom stereocenters. The first-order chi connectivity index (χ1) is 15.7. The van der Waals surface area contributed by atoms with Crippen LogP contribution in [-0.2, 0) is 4.74 Å². The van der Waals surface area contributed by atoms with Gasteiger partial charge in [-0.25, -0.2) is 13.8 Å². The number of rotatable bonds is 4. The van der Waals surface area contributed by atoms with Crippen molar-refractivity contribution < 1.29 is 13.5 Å². The van der Waals surface area contributed by atoms with Gasteiger partial charge in [0.25, 0.3) is 6.43 Å². The Hall–Kier alpha value is -2.85. The molecule has 5 heterocycles. The number of imidazole rings is 1. The molecule has 10 heteroatoms. The van der Waals surface area contributed by atoms with Gasteiger partial charge in [-0.2, -0.15) is 9.97 Å². The molecule has 8 nitrogen and oxygen atoms in total. The van der Waals surface area contributed by atoms with E-state index >= 15 is 0 Å². The Labute approximate surface area is 184 Å². The van der Waals surface area contributed by atoms with E-state index in [0.29, 0.717) is 61.2 Å². The van der Waals surface area contributed by atoms with Gasteiger partial charge in [0.2, 0.25) is 5.95 Å². The van der Waals surface area contributed by atoms with Gasteiger partial charge in [-0.05, 0) is 25.0 Å². The van der Waals surface area contributed by atoms with Crippen molar-refractivity contribution in [2.75, 3.05) is 49.2 Å². The number of anilines is 2. The molecular weight excluding hydrogens is 416 g/mol. The molecule has 3 aliphatic heterocycles. The van der Waals surface area contributed by atoms with Gasteiger partial charge >= 0.3 is 0 Å². The van der Waals surface area contributed by atoms with E-state index in [-0.39, 0.29) is 5.82 Å². The molecule has 1 N–H and O–H groups in total. The largest absolute Gasteiger partial charge is 0.378 e. The number of alkyl halides is 2. The van der Waals surface area contributed by atoms with Crippen molar-refractivity contribution in [3.05, 3.63) is 36.2 Å². The fourth-order valence-electron chi connectivity index (χ4n) is 5.01. The summed E-state index contributed by atoms with van der Waals surface area (Å²) >= 11 is 0. The van der Waals surface area contributed by atoms with Crippen LogP contribution in [0.25, 0.3) is 16.9 Å². The molecule has 0 spiro atoms. The Kier molecular flexibility index (Phi) is 4.91. The monoisotopic (exact) mass is 441 g/mol. The third kappa shape index (κ3) is 3.47. The lowest BCUT2D eigenvalue weighted by molar-refractivity contribution is 0.122. The lowest BCUT2D eigenvalue weighted by Crippen LogP contribution is -2.51. The highest BCUT2D eigenvalue weighted by Gasteiger charge is 2.33. The number of piperazine rings is 1. The smallest absolute Gasteiger partial charge is 0.296 e. The molecular formula is C22H25F2N7O. The third-order valence-electron chi connectivity index (χ3n) is 6.53. The van der Waals surface area contributed by atoms with Crippen LogP contribution in [0.3, 0.4) is 0 Å². The van der Waals surface area contributed by atoms with Crippen LogP contribution < -0.4 is 15.1 Å². The van der Waals surface area contributed by atoms with E-state index in [1.165, 1.54) is 4.57 Å². The Morgan fingerprint density at radius 2 is 1.66 bits per heavy atom.